The Morgan fingerprint density at radius 3 is 2.30 bits per heavy atom. The number of carbonyl (C=O) groups excluding carboxylic acids is 2. The van der Waals surface area contributed by atoms with Gasteiger partial charge in [-0.05, 0) is 12.0 Å². The fourth-order valence-corrected chi connectivity index (χ4v) is 2.92. The molecule has 0 heterocycles. The lowest BCUT2D eigenvalue weighted by Gasteiger charge is -2.18. The zero-order valence-electron chi connectivity index (χ0n) is 17.0. The van der Waals surface area contributed by atoms with Crippen molar-refractivity contribution in [3.63, 3.8) is 0 Å². The van der Waals surface area contributed by atoms with Crippen molar-refractivity contribution >= 4 is 17.6 Å². The van der Waals surface area contributed by atoms with E-state index in [1.54, 1.807) is 0 Å². The predicted octanol–water partition coefficient (Wildman–Crippen LogP) is 3.43. The Labute approximate surface area is 174 Å². The van der Waals surface area contributed by atoms with Crippen LogP contribution in [0.25, 0.3) is 0 Å². The summed E-state index contributed by atoms with van der Waals surface area (Å²) < 4.78 is 15.1. The maximum atomic E-state index is 12.4. The van der Waals surface area contributed by atoms with Crippen LogP contribution in [0.4, 0.5) is 5.69 Å². The van der Waals surface area contributed by atoms with Crippen LogP contribution in [0.5, 0.6) is 11.5 Å². The summed E-state index contributed by atoms with van der Waals surface area (Å²) in [5.74, 6) is -1.28. The third-order valence-electron chi connectivity index (χ3n) is 4.37. The van der Waals surface area contributed by atoms with Gasteiger partial charge in [-0.15, -0.1) is 0 Å². The Bertz CT molecular complexity index is 900. The minimum absolute atomic E-state index is 0.101. The minimum Gasteiger partial charge on any atom is -0.493 e. The topological polar surface area (TPSA) is 117 Å². The van der Waals surface area contributed by atoms with Gasteiger partial charge in [-0.2, -0.15) is 0 Å². The van der Waals surface area contributed by atoms with E-state index in [2.05, 4.69) is 5.32 Å². The Kier molecular flexibility index (Phi) is 8.16. The quantitative estimate of drug-likeness (QED) is 0.358. The van der Waals surface area contributed by atoms with E-state index in [-0.39, 0.29) is 23.1 Å². The second kappa shape index (κ2) is 10.8. The smallest absolute Gasteiger partial charge is 0.345 e. The fourth-order valence-electron chi connectivity index (χ4n) is 2.92. The third kappa shape index (κ3) is 5.69. The van der Waals surface area contributed by atoms with Crippen LogP contribution in [-0.2, 0) is 9.53 Å². The summed E-state index contributed by atoms with van der Waals surface area (Å²) in [6.07, 6.45) is 1.56. The molecule has 9 nitrogen and oxygen atoms in total. The van der Waals surface area contributed by atoms with E-state index in [1.807, 2.05) is 37.3 Å². The van der Waals surface area contributed by atoms with Gasteiger partial charge in [-0.1, -0.05) is 43.7 Å². The summed E-state index contributed by atoms with van der Waals surface area (Å²) in [5, 5.41) is 14.2. The first kappa shape index (κ1) is 22.7. The Morgan fingerprint density at radius 1 is 1.10 bits per heavy atom. The molecule has 30 heavy (non-hydrogen) atoms. The van der Waals surface area contributed by atoms with Crippen molar-refractivity contribution < 1.29 is 28.7 Å². The molecule has 1 atom stereocenters. The van der Waals surface area contributed by atoms with E-state index in [0.717, 1.165) is 24.1 Å². The molecular weight excluding hydrogens is 392 g/mol. The molecule has 0 fully saturated rings. The summed E-state index contributed by atoms with van der Waals surface area (Å²) >= 11 is 0. The molecular formula is C21H24N2O7. The molecule has 2 aromatic rings. The van der Waals surface area contributed by atoms with Gasteiger partial charge in [0.15, 0.2) is 18.1 Å². The van der Waals surface area contributed by atoms with Crippen molar-refractivity contribution in [2.24, 2.45) is 0 Å². The van der Waals surface area contributed by atoms with Crippen LogP contribution in [0.15, 0.2) is 42.5 Å². The zero-order valence-corrected chi connectivity index (χ0v) is 17.0. The number of hydrogen-bond acceptors (Lipinski definition) is 7. The van der Waals surface area contributed by atoms with Gasteiger partial charge in [0.05, 0.1) is 31.3 Å². The second-order valence-electron chi connectivity index (χ2n) is 6.38. The largest absolute Gasteiger partial charge is 0.493 e. The second-order valence-corrected chi connectivity index (χ2v) is 6.38. The number of ether oxygens (including phenoxy) is 3. The first-order valence-electron chi connectivity index (χ1n) is 9.33. The van der Waals surface area contributed by atoms with Gasteiger partial charge in [0.2, 0.25) is 0 Å². The van der Waals surface area contributed by atoms with Crippen molar-refractivity contribution in [3.8, 4) is 11.5 Å². The predicted molar refractivity (Wildman–Crippen MR) is 109 cm³/mol. The number of nitrogens with zero attached hydrogens (tertiary/aromatic N) is 1. The van der Waals surface area contributed by atoms with E-state index < -0.39 is 29.1 Å². The van der Waals surface area contributed by atoms with Crippen LogP contribution < -0.4 is 14.8 Å². The highest BCUT2D eigenvalue weighted by molar-refractivity contribution is 5.96. The Balaban J connectivity index is 2.10. The SMILES string of the molecule is CCC[C@H](NC(=O)COC(=O)c1cc(OC)c(OC)cc1[N+](=O)[O-])c1ccccc1. The van der Waals surface area contributed by atoms with Crippen molar-refractivity contribution in [2.75, 3.05) is 20.8 Å². The molecule has 0 aliphatic rings. The summed E-state index contributed by atoms with van der Waals surface area (Å²) in [6.45, 7) is 1.43. The molecule has 2 rings (SSSR count). The van der Waals surface area contributed by atoms with Crippen LogP contribution in [0.3, 0.4) is 0 Å². The fraction of sp³-hybridized carbons (Fsp3) is 0.333. The molecule has 160 valence electrons. The maximum Gasteiger partial charge on any atom is 0.345 e. The van der Waals surface area contributed by atoms with Gasteiger partial charge in [-0.25, -0.2) is 4.79 Å². The lowest BCUT2D eigenvalue weighted by molar-refractivity contribution is -0.385. The standard InChI is InChI=1S/C21H24N2O7/c1-4-8-16(14-9-6-5-7-10-14)22-20(24)13-30-21(25)15-11-18(28-2)19(29-3)12-17(15)23(26)27/h5-7,9-12,16H,4,8,13H2,1-3H3,(H,22,24)/t16-/m0/s1. The molecule has 0 unspecified atom stereocenters. The number of esters is 1. The zero-order chi connectivity index (χ0) is 22.1. The molecule has 0 radical (unpaired) electrons. The van der Waals surface area contributed by atoms with Crippen LogP contribution >= 0.6 is 0 Å². The molecule has 0 bridgehead atoms. The number of nitro groups is 1. The average molecular weight is 416 g/mol. The van der Waals surface area contributed by atoms with E-state index in [9.17, 15) is 19.7 Å². The molecule has 0 spiro atoms. The molecule has 1 amide bonds. The van der Waals surface area contributed by atoms with Crippen molar-refractivity contribution in [3.05, 3.63) is 63.7 Å². The molecule has 1 N–H and O–H groups in total. The molecule has 9 heteroatoms. The number of nitro benzene ring substituents is 1. The number of benzene rings is 2. The number of hydrogen-bond donors (Lipinski definition) is 1. The number of rotatable bonds is 10. The van der Waals surface area contributed by atoms with Gasteiger partial charge in [0.25, 0.3) is 11.6 Å². The molecule has 0 saturated heterocycles. The number of nitrogens with one attached hydrogen (secondary N) is 1. The number of methoxy groups -OCH3 is 2. The van der Waals surface area contributed by atoms with Crippen molar-refractivity contribution in [1.82, 2.24) is 5.32 Å². The van der Waals surface area contributed by atoms with E-state index in [0.29, 0.717) is 6.42 Å². The van der Waals surface area contributed by atoms with E-state index in [4.69, 9.17) is 14.2 Å². The Hall–Kier alpha value is -3.62. The third-order valence-corrected chi connectivity index (χ3v) is 4.37. The monoisotopic (exact) mass is 416 g/mol. The summed E-state index contributed by atoms with van der Waals surface area (Å²) in [5.41, 5.74) is 0.0966. The molecule has 0 saturated carbocycles. The van der Waals surface area contributed by atoms with Crippen LogP contribution in [-0.4, -0.2) is 37.6 Å². The van der Waals surface area contributed by atoms with Gasteiger partial charge < -0.3 is 19.5 Å². The van der Waals surface area contributed by atoms with E-state index in [1.165, 1.54) is 14.2 Å². The first-order chi connectivity index (χ1) is 14.4. The summed E-state index contributed by atoms with van der Waals surface area (Å²) in [4.78, 5) is 35.3. The lowest BCUT2D eigenvalue weighted by Crippen LogP contribution is -2.32. The molecule has 0 aromatic heterocycles. The molecule has 0 aliphatic heterocycles. The van der Waals surface area contributed by atoms with Gasteiger partial charge in [0.1, 0.15) is 5.56 Å². The summed E-state index contributed by atoms with van der Waals surface area (Å²) in [6, 6.07) is 11.4. The van der Waals surface area contributed by atoms with Crippen molar-refractivity contribution in [1.29, 1.82) is 0 Å². The normalized spacial score (nSPS) is 11.3. The number of amides is 1. The Morgan fingerprint density at radius 2 is 1.73 bits per heavy atom. The lowest BCUT2D eigenvalue weighted by atomic mass is 10.0. The number of carbonyl (C=O) groups is 2. The van der Waals surface area contributed by atoms with Crippen LogP contribution in [0, 0.1) is 10.1 Å². The molecule has 0 aliphatic carbocycles. The van der Waals surface area contributed by atoms with Gasteiger partial charge in [-0.3, -0.25) is 14.9 Å². The van der Waals surface area contributed by atoms with Crippen LogP contribution in [0.2, 0.25) is 0 Å². The first-order valence-corrected chi connectivity index (χ1v) is 9.33. The van der Waals surface area contributed by atoms with Crippen LogP contribution in [0.1, 0.15) is 41.7 Å². The highest BCUT2D eigenvalue weighted by Gasteiger charge is 2.26. The maximum absolute atomic E-state index is 12.4. The van der Waals surface area contributed by atoms with Gasteiger partial charge in [0, 0.05) is 6.07 Å². The van der Waals surface area contributed by atoms with Gasteiger partial charge >= 0.3 is 5.97 Å². The average Bonchev–Trinajstić information content (AvgIpc) is 2.76. The van der Waals surface area contributed by atoms with Crippen molar-refractivity contribution in [2.45, 2.75) is 25.8 Å². The highest BCUT2D eigenvalue weighted by atomic mass is 16.6. The molecule has 2 aromatic carbocycles. The summed E-state index contributed by atoms with van der Waals surface area (Å²) in [7, 11) is 2.66. The highest BCUT2D eigenvalue weighted by Crippen LogP contribution is 2.34. The van der Waals surface area contributed by atoms with E-state index >= 15 is 0 Å². The minimum atomic E-state index is -1.01.